The zero-order valence-corrected chi connectivity index (χ0v) is 11.9. The number of aryl methyl sites for hydroxylation is 1. The van der Waals surface area contributed by atoms with Gasteiger partial charge in [0, 0.05) is 37.9 Å². The summed E-state index contributed by atoms with van der Waals surface area (Å²) in [7, 11) is 1.77. The largest absolute Gasteiger partial charge is 0.380 e. The van der Waals surface area contributed by atoms with Crippen LogP contribution in [-0.4, -0.2) is 43.5 Å². The molecule has 0 unspecified atom stereocenters. The summed E-state index contributed by atoms with van der Waals surface area (Å²) in [6, 6.07) is 5.42. The number of carbonyl (C=O) groups is 2. The van der Waals surface area contributed by atoms with Gasteiger partial charge in [0.2, 0.25) is 5.91 Å². The Labute approximate surface area is 118 Å². The summed E-state index contributed by atoms with van der Waals surface area (Å²) in [5.41, 5.74) is 2.49. The average molecular weight is 276 g/mol. The number of likely N-dealkylation sites (N-methyl/N-ethyl adjacent to an activating group) is 1. The van der Waals surface area contributed by atoms with Gasteiger partial charge in [-0.05, 0) is 37.1 Å². The van der Waals surface area contributed by atoms with Crippen molar-refractivity contribution >= 4 is 17.5 Å². The molecule has 2 rings (SSSR count). The van der Waals surface area contributed by atoms with Crippen molar-refractivity contribution in [1.29, 1.82) is 0 Å². The van der Waals surface area contributed by atoms with Crippen molar-refractivity contribution in [2.75, 3.05) is 32.1 Å². The van der Waals surface area contributed by atoms with Gasteiger partial charge in [0.05, 0.1) is 6.61 Å². The van der Waals surface area contributed by atoms with E-state index < -0.39 is 0 Å². The number of amides is 2. The fourth-order valence-electron chi connectivity index (χ4n) is 2.18. The van der Waals surface area contributed by atoms with Crippen molar-refractivity contribution in [3.8, 4) is 0 Å². The van der Waals surface area contributed by atoms with Gasteiger partial charge in [0.1, 0.15) is 0 Å². The van der Waals surface area contributed by atoms with E-state index in [0.29, 0.717) is 38.2 Å². The van der Waals surface area contributed by atoms with Crippen LogP contribution in [0.4, 0.5) is 5.69 Å². The first kappa shape index (κ1) is 14.5. The molecule has 5 nitrogen and oxygen atoms in total. The number of ether oxygens (including phenoxy) is 1. The molecule has 1 aromatic carbocycles. The molecule has 108 valence electrons. The molecule has 0 spiro atoms. The van der Waals surface area contributed by atoms with Gasteiger partial charge in [-0.25, -0.2) is 0 Å². The van der Waals surface area contributed by atoms with Crippen molar-refractivity contribution < 1.29 is 14.3 Å². The van der Waals surface area contributed by atoms with Gasteiger partial charge in [0.15, 0.2) is 0 Å². The van der Waals surface area contributed by atoms with Crippen LogP contribution in [0, 0.1) is 0 Å². The van der Waals surface area contributed by atoms with E-state index in [1.54, 1.807) is 24.1 Å². The number of carbonyl (C=O) groups excluding carboxylic acids is 2. The summed E-state index contributed by atoms with van der Waals surface area (Å²) in [5, 5.41) is 2.81. The Hall–Kier alpha value is -1.88. The van der Waals surface area contributed by atoms with Gasteiger partial charge in [-0.1, -0.05) is 0 Å². The van der Waals surface area contributed by atoms with Crippen molar-refractivity contribution in [2.45, 2.75) is 19.8 Å². The van der Waals surface area contributed by atoms with Crippen molar-refractivity contribution in [3.05, 3.63) is 29.3 Å². The quantitative estimate of drug-likeness (QED) is 0.832. The maximum absolute atomic E-state index is 12.3. The Bertz CT molecular complexity index is 514. The van der Waals surface area contributed by atoms with Crippen LogP contribution in [0.1, 0.15) is 29.3 Å². The van der Waals surface area contributed by atoms with Crippen LogP contribution < -0.4 is 5.32 Å². The summed E-state index contributed by atoms with van der Waals surface area (Å²) in [4.78, 5) is 25.2. The normalized spacial score (nSPS) is 13.6. The van der Waals surface area contributed by atoms with Crippen LogP contribution in [0.3, 0.4) is 0 Å². The third-order valence-electron chi connectivity index (χ3n) is 3.37. The predicted octanol–water partition coefficient (Wildman–Crippen LogP) is 1.68. The number of nitrogens with one attached hydrogen (secondary N) is 1. The summed E-state index contributed by atoms with van der Waals surface area (Å²) >= 11 is 0. The maximum Gasteiger partial charge on any atom is 0.253 e. The molecule has 1 heterocycles. The molecule has 0 atom stereocenters. The van der Waals surface area contributed by atoms with Gasteiger partial charge < -0.3 is 15.0 Å². The van der Waals surface area contributed by atoms with E-state index in [1.807, 2.05) is 13.0 Å². The monoisotopic (exact) mass is 276 g/mol. The molecule has 0 aliphatic carbocycles. The average Bonchev–Trinajstić information content (AvgIpc) is 2.46. The Balaban J connectivity index is 2.05. The topological polar surface area (TPSA) is 58.6 Å². The zero-order chi connectivity index (χ0) is 14.5. The molecule has 1 aliphatic heterocycles. The Morgan fingerprint density at radius 3 is 2.95 bits per heavy atom. The van der Waals surface area contributed by atoms with Gasteiger partial charge in [-0.3, -0.25) is 9.59 Å². The van der Waals surface area contributed by atoms with E-state index in [0.717, 1.165) is 11.3 Å². The standard InChI is InChI=1S/C15H20N2O3/c1-3-20-9-8-17(2)15(19)12-4-6-13-11(10-12)5-7-14(18)16-13/h4,6,10H,3,5,7-9H2,1-2H3,(H,16,18). The molecule has 0 saturated heterocycles. The molecule has 2 amide bonds. The third kappa shape index (κ3) is 3.36. The van der Waals surface area contributed by atoms with E-state index in [2.05, 4.69) is 5.32 Å². The number of hydrogen-bond acceptors (Lipinski definition) is 3. The molecule has 1 aliphatic rings. The number of rotatable bonds is 5. The SMILES string of the molecule is CCOCCN(C)C(=O)c1ccc2c(c1)CCC(=O)N2. The molecule has 0 aromatic heterocycles. The minimum absolute atomic E-state index is 0.0237. The number of benzene rings is 1. The van der Waals surface area contributed by atoms with Gasteiger partial charge >= 0.3 is 0 Å². The van der Waals surface area contributed by atoms with Crippen molar-refractivity contribution in [1.82, 2.24) is 4.90 Å². The lowest BCUT2D eigenvalue weighted by molar-refractivity contribution is -0.116. The Morgan fingerprint density at radius 1 is 1.40 bits per heavy atom. The molecule has 1 N–H and O–H groups in total. The highest BCUT2D eigenvalue weighted by molar-refractivity contribution is 5.97. The first-order chi connectivity index (χ1) is 9.61. The zero-order valence-electron chi connectivity index (χ0n) is 11.9. The summed E-state index contributed by atoms with van der Waals surface area (Å²) in [6.45, 7) is 3.69. The van der Waals surface area contributed by atoms with E-state index in [4.69, 9.17) is 4.74 Å². The first-order valence-electron chi connectivity index (χ1n) is 6.87. The molecule has 20 heavy (non-hydrogen) atoms. The second-order valence-corrected chi connectivity index (χ2v) is 4.84. The van der Waals surface area contributed by atoms with Gasteiger partial charge in [0.25, 0.3) is 5.91 Å². The van der Waals surface area contributed by atoms with Crippen LogP contribution in [0.15, 0.2) is 18.2 Å². The van der Waals surface area contributed by atoms with Crippen molar-refractivity contribution in [2.24, 2.45) is 0 Å². The van der Waals surface area contributed by atoms with E-state index in [9.17, 15) is 9.59 Å². The molecule has 0 saturated carbocycles. The smallest absolute Gasteiger partial charge is 0.253 e. The van der Waals surface area contributed by atoms with E-state index in [1.165, 1.54) is 0 Å². The van der Waals surface area contributed by atoms with E-state index in [-0.39, 0.29) is 11.8 Å². The lowest BCUT2D eigenvalue weighted by atomic mass is 10.00. The first-order valence-corrected chi connectivity index (χ1v) is 6.87. The molecular formula is C15H20N2O3. The lowest BCUT2D eigenvalue weighted by Gasteiger charge is -2.20. The van der Waals surface area contributed by atoms with Crippen LogP contribution in [0.2, 0.25) is 0 Å². The van der Waals surface area contributed by atoms with E-state index >= 15 is 0 Å². The van der Waals surface area contributed by atoms with Gasteiger partial charge in [-0.15, -0.1) is 0 Å². The van der Waals surface area contributed by atoms with Crippen LogP contribution in [-0.2, 0) is 16.0 Å². The molecule has 0 bridgehead atoms. The number of nitrogens with zero attached hydrogens (tertiary/aromatic N) is 1. The minimum atomic E-state index is -0.0237. The highest BCUT2D eigenvalue weighted by Gasteiger charge is 2.18. The Kier molecular flexibility index (Phi) is 4.74. The van der Waals surface area contributed by atoms with Crippen LogP contribution in [0.25, 0.3) is 0 Å². The van der Waals surface area contributed by atoms with Crippen molar-refractivity contribution in [3.63, 3.8) is 0 Å². The van der Waals surface area contributed by atoms with Crippen LogP contribution >= 0.6 is 0 Å². The summed E-state index contributed by atoms with van der Waals surface area (Å²) in [5.74, 6) is 0.00909. The maximum atomic E-state index is 12.3. The highest BCUT2D eigenvalue weighted by atomic mass is 16.5. The third-order valence-corrected chi connectivity index (χ3v) is 3.37. The molecule has 5 heteroatoms. The summed E-state index contributed by atoms with van der Waals surface area (Å²) in [6.07, 6.45) is 1.16. The fourth-order valence-corrected chi connectivity index (χ4v) is 2.18. The number of fused-ring (bicyclic) bond motifs is 1. The molecule has 1 aromatic rings. The predicted molar refractivity (Wildman–Crippen MR) is 76.8 cm³/mol. The second kappa shape index (κ2) is 6.52. The lowest BCUT2D eigenvalue weighted by Crippen LogP contribution is -2.30. The molecule has 0 fully saturated rings. The Morgan fingerprint density at radius 2 is 2.20 bits per heavy atom. The van der Waals surface area contributed by atoms with Gasteiger partial charge in [-0.2, -0.15) is 0 Å². The highest BCUT2D eigenvalue weighted by Crippen LogP contribution is 2.23. The fraction of sp³-hybridized carbons (Fsp3) is 0.467. The minimum Gasteiger partial charge on any atom is -0.380 e. The number of anilines is 1. The molecule has 0 radical (unpaired) electrons. The van der Waals surface area contributed by atoms with Crippen LogP contribution in [0.5, 0.6) is 0 Å². The summed E-state index contributed by atoms with van der Waals surface area (Å²) < 4.78 is 5.25. The second-order valence-electron chi connectivity index (χ2n) is 4.84. The number of hydrogen-bond donors (Lipinski definition) is 1. The molecular weight excluding hydrogens is 256 g/mol.